The predicted octanol–water partition coefficient (Wildman–Crippen LogP) is 4.21. The number of nitrogens with one attached hydrogen (secondary N) is 1. The third-order valence-corrected chi connectivity index (χ3v) is 3.91. The normalized spacial score (nSPS) is 12.2. The standard InChI is InChI=1S/C16H18BrFN2O/c1-4-20-9-13(17)8-15(20)16(21)19-11(3)12-6-5-10(2)14(18)7-12/h5-9,11H,4H2,1-3H3,(H,19,21). The first-order chi connectivity index (χ1) is 9.92. The molecule has 1 aromatic carbocycles. The van der Waals surface area contributed by atoms with Crippen LogP contribution in [0.2, 0.25) is 0 Å². The highest BCUT2D eigenvalue weighted by Crippen LogP contribution is 2.19. The Kier molecular flexibility index (Phi) is 4.83. The highest BCUT2D eigenvalue weighted by molar-refractivity contribution is 9.10. The highest BCUT2D eigenvalue weighted by atomic mass is 79.9. The van der Waals surface area contributed by atoms with Crippen LogP contribution in [-0.4, -0.2) is 10.5 Å². The summed E-state index contributed by atoms with van der Waals surface area (Å²) in [4.78, 5) is 12.3. The van der Waals surface area contributed by atoms with Crippen LogP contribution in [0.25, 0.3) is 0 Å². The Hall–Kier alpha value is -1.62. The van der Waals surface area contributed by atoms with Crippen molar-refractivity contribution in [2.45, 2.75) is 33.4 Å². The summed E-state index contributed by atoms with van der Waals surface area (Å²) in [5.74, 6) is -0.427. The van der Waals surface area contributed by atoms with Crippen LogP contribution in [0.1, 0.15) is 41.5 Å². The van der Waals surface area contributed by atoms with Gasteiger partial charge in [-0.15, -0.1) is 0 Å². The van der Waals surface area contributed by atoms with Crippen molar-refractivity contribution in [3.63, 3.8) is 0 Å². The molecule has 2 rings (SSSR count). The van der Waals surface area contributed by atoms with E-state index in [9.17, 15) is 9.18 Å². The summed E-state index contributed by atoms with van der Waals surface area (Å²) in [6.45, 7) is 6.24. The van der Waals surface area contributed by atoms with Gasteiger partial charge in [-0.3, -0.25) is 4.79 Å². The molecule has 2 aromatic rings. The molecule has 3 nitrogen and oxygen atoms in total. The molecule has 112 valence electrons. The van der Waals surface area contributed by atoms with Gasteiger partial charge in [0.25, 0.3) is 5.91 Å². The number of rotatable bonds is 4. The lowest BCUT2D eigenvalue weighted by Gasteiger charge is -2.15. The number of carbonyl (C=O) groups excluding carboxylic acids is 1. The van der Waals surface area contributed by atoms with Gasteiger partial charge < -0.3 is 9.88 Å². The van der Waals surface area contributed by atoms with Crippen molar-refractivity contribution in [2.24, 2.45) is 0 Å². The molecule has 0 saturated carbocycles. The molecule has 21 heavy (non-hydrogen) atoms. The fourth-order valence-electron chi connectivity index (χ4n) is 2.16. The Morgan fingerprint density at radius 1 is 1.43 bits per heavy atom. The maximum atomic E-state index is 13.6. The number of aromatic nitrogens is 1. The number of carbonyl (C=O) groups is 1. The average molecular weight is 353 g/mol. The summed E-state index contributed by atoms with van der Waals surface area (Å²) in [6.07, 6.45) is 1.87. The summed E-state index contributed by atoms with van der Waals surface area (Å²) in [7, 11) is 0. The molecule has 1 atom stereocenters. The molecule has 0 aliphatic carbocycles. The van der Waals surface area contributed by atoms with Crippen molar-refractivity contribution >= 4 is 21.8 Å². The van der Waals surface area contributed by atoms with Crippen LogP contribution in [0.4, 0.5) is 4.39 Å². The molecule has 1 unspecified atom stereocenters. The van der Waals surface area contributed by atoms with Gasteiger partial charge in [0.05, 0.1) is 6.04 Å². The fraction of sp³-hybridized carbons (Fsp3) is 0.312. The third-order valence-electron chi connectivity index (χ3n) is 3.48. The quantitative estimate of drug-likeness (QED) is 0.878. The second kappa shape index (κ2) is 6.43. The molecule has 1 N–H and O–H groups in total. The molecular formula is C16H18BrFN2O. The van der Waals surface area contributed by atoms with E-state index in [1.807, 2.05) is 30.7 Å². The van der Waals surface area contributed by atoms with Gasteiger partial charge in [-0.25, -0.2) is 4.39 Å². The van der Waals surface area contributed by atoms with E-state index in [0.717, 1.165) is 10.0 Å². The Bertz CT molecular complexity index is 666. The van der Waals surface area contributed by atoms with Crippen molar-refractivity contribution in [1.82, 2.24) is 9.88 Å². The van der Waals surface area contributed by atoms with Crippen LogP contribution < -0.4 is 5.32 Å². The number of hydrogen-bond acceptors (Lipinski definition) is 1. The molecule has 1 amide bonds. The van der Waals surface area contributed by atoms with Crippen molar-refractivity contribution in [1.29, 1.82) is 0 Å². The van der Waals surface area contributed by atoms with Gasteiger partial charge in [-0.05, 0) is 60.0 Å². The van der Waals surface area contributed by atoms with Crippen molar-refractivity contribution in [3.05, 3.63) is 57.6 Å². The van der Waals surface area contributed by atoms with E-state index in [-0.39, 0.29) is 17.8 Å². The summed E-state index contributed by atoms with van der Waals surface area (Å²) in [6, 6.07) is 6.54. The molecule has 0 saturated heterocycles. The monoisotopic (exact) mass is 352 g/mol. The van der Waals surface area contributed by atoms with Crippen molar-refractivity contribution in [3.8, 4) is 0 Å². The van der Waals surface area contributed by atoms with E-state index < -0.39 is 0 Å². The lowest BCUT2D eigenvalue weighted by Crippen LogP contribution is -2.28. The lowest BCUT2D eigenvalue weighted by atomic mass is 10.1. The minimum Gasteiger partial charge on any atom is -0.344 e. The Balaban J connectivity index is 2.16. The van der Waals surface area contributed by atoms with Gasteiger partial charge >= 0.3 is 0 Å². The zero-order valence-electron chi connectivity index (χ0n) is 12.3. The van der Waals surface area contributed by atoms with E-state index in [0.29, 0.717) is 17.8 Å². The molecule has 0 aliphatic rings. The first kappa shape index (κ1) is 15.8. The second-order valence-electron chi connectivity index (χ2n) is 5.03. The highest BCUT2D eigenvalue weighted by Gasteiger charge is 2.16. The number of halogens is 2. The van der Waals surface area contributed by atoms with Gasteiger partial charge in [-0.1, -0.05) is 12.1 Å². The number of aryl methyl sites for hydroxylation is 2. The minimum atomic E-state index is -0.258. The lowest BCUT2D eigenvalue weighted by molar-refractivity contribution is 0.0930. The van der Waals surface area contributed by atoms with Gasteiger partial charge in [-0.2, -0.15) is 0 Å². The predicted molar refractivity (Wildman–Crippen MR) is 84.8 cm³/mol. The fourth-order valence-corrected chi connectivity index (χ4v) is 2.62. The molecule has 5 heteroatoms. The number of benzene rings is 1. The third kappa shape index (κ3) is 3.53. The maximum Gasteiger partial charge on any atom is 0.268 e. The number of nitrogens with zero attached hydrogens (tertiary/aromatic N) is 1. The van der Waals surface area contributed by atoms with Crippen molar-refractivity contribution in [2.75, 3.05) is 0 Å². The number of amides is 1. The molecule has 0 fully saturated rings. The zero-order valence-corrected chi connectivity index (χ0v) is 13.9. The van der Waals surface area contributed by atoms with Crippen LogP contribution in [0.3, 0.4) is 0 Å². The second-order valence-corrected chi connectivity index (χ2v) is 5.95. The molecule has 0 bridgehead atoms. The maximum absolute atomic E-state index is 13.6. The average Bonchev–Trinajstić information content (AvgIpc) is 2.83. The Morgan fingerprint density at radius 3 is 2.76 bits per heavy atom. The first-order valence-corrected chi connectivity index (χ1v) is 7.64. The van der Waals surface area contributed by atoms with Crippen LogP contribution in [0.5, 0.6) is 0 Å². The van der Waals surface area contributed by atoms with Gasteiger partial charge in [0.1, 0.15) is 11.5 Å². The summed E-state index contributed by atoms with van der Waals surface area (Å²) < 4.78 is 16.3. The van der Waals surface area contributed by atoms with Crippen LogP contribution in [0.15, 0.2) is 34.9 Å². The topological polar surface area (TPSA) is 34.0 Å². The van der Waals surface area contributed by atoms with Crippen molar-refractivity contribution < 1.29 is 9.18 Å². The van der Waals surface area contributed by atoms with Crippen LogP contribution in [-0.2, 0) is 6.54 Å². The van der Waals surface area contributed by atoms with E-state index >= 15 is 0 Å². The molecule has 0 spiro atoms. The summed E-state index contributed by atoms with van der Waals surface area (Å²) >= 11 is 3.37. The minimum absolute atomic E-state index is 0.170. The van der Waals surface area contributed by atoms with E-state index in [4.69, 9.17) is 0 Å². The first-order valence-electron chi connectivity index (χ1n) is 6.85. The molecule has 1 aromatic heterocycles. The zero-order chi connectivity index (χ0) is 15.6. The van der Waals surface area contributed by atoms with Crippen LogP contribution >= 0.6 is 15.9 Å². The number of hydrogen-bond donors (Lipinski definition) is 1. The molecule has 0 aliphatic heterocycles. The van der Waals surface area contributed by atoms with Gasteiger partial charge in [0, 0.05) is 17.2 Å². The Labute approximate surface area is 132 Å². The Morgan fingerprint density at radius 2 is 2.14 bits per heavy atom. The van der Waals surface area contributed by atoms with E-state index in [1.54, 1.807) is 19.1 Å². The molecular weight excluding hydrogens is 335 g/mol. The van der Waals surface area contributed by atoms with Gasteiger partial charge in [0.2, 0.25) is 0 Å². The largest absolute Gasteiger partial charge is 0.344 e. The molecule has 1 heterocycles. The van der Waals surface area contributed by atoms with E-state index in [1.165, 1.54) is 6.07 Å². The summed E-state index contributed by atoms with van der Waals surface area (Å²) in [5, 5.41) is 2.90. The van der Waals surface area contributed by atoms with E-state index in [2.05, 4.69) is 21.2 Å². The van der Waals surface area contributed by atoms with Gasteiger partial charge in [0.15, 0.2) is 0 Å². The smallest absolute Gasteiger partial charge is 0.268 e. The van der Waals surface area contributed by atoms with Crippen LogP contribution in [0, 0.1) is 12.7 Å². The molecule has 0 radical (unpaired) electrons. The summed E-state index contributed by atoms with van der Waals surface area (Å²) in [5.41, 5.74) is 1.94. The SMILES string of the molecule is CCn1cc(Br)cc1C(=O)NC(C)c1ccc(C)c(F)c1.